The molecule has 2 heterocycles. The van der Waals surface area contributed by atoms with Crippen molar-refractivity contribution in [3.63, 3.8) is 0 Å². The molecule has 0 atom stereocenters. The summed E-state index contributed by atoms with van der Waals surface area (Å²) in [5.41, 5.74) is 0. The summed E-state index contributed by atoms with van der Waals surface area (Å²) >= 11 is 0. The number of hydrogen-bond acceptors (Lipinski definition) is 5. The Morgan fingerprint density at radius 1 is 1.19 bits per heavy atom. The number of aromatic nitrogens is 2. The maximum absolute atomic E-state index is 12.8. The number of anilines is 2. The zero-order valence-corrected chi connectivity index (χ0v) is 12.2. The molecule has 0 aliphatic carbocycles. The first-order valence-electron chi connectivity index (χ1n) is 7.05. The highest BCUT2D eigenvalue weighted by molar-refractivity contribution is 5.49. The van der Waals surface area contributed by atoms with Crippen LogP contribution in [0.2, 0.25) is 0 Å². The van der Waals surface area contributed by atoms with E-state index < -0.39 is 12.0 Å². The molecule has 0 unspecified atom stereocenters. The molecule has 5 nitrogen and oxygen atoms in total. The van der Waals surface area contributed by atoms with Gasteiger partial charge in [-0.1, -0.05) is 6.92 Å². The third-order valence-corrected chi connectivity index (χ3v) is 3.46. The second-order valence-corrected chi connectivity index (χ2v) is 5.01. The molecule has 2 rings (SSSR count). The van der Waals surface area contributed by atoms with Crippen LogP contribution in [0, 0.1) is 0 Å². The summed E-state index contributed by atoms with van der Waals surface area (Å²) in [6.45, 7) is 6.18. The van der Waals surface area contributed by atoms with E-state index in [2.05, 4.69) is 27.1 Å². The molecular weight excluding hydrogens is 283 g/mol. The quantitative estimate of drug-likeness (QED) is 0.922. The molecule has 21 heavy (non-hydrogen) atoms. The number of halogens is 3. The minimum Gasteiger partial charge on any atom is -0.373 e. The smallest absolute Gasteiger partial charge is 0.373 e. The van der Waals surface area contributed by atoms with Crippen molar-refractivity contribution < 1.29 is 13.2 Å². The van der Waals surface area contributed by atoms with E-state index in [1.165, 1.54) is 0 Å². The summed E-state index contributed by atoms with van der Waals surface area (Å²) in [7, 11) is 1.55. The van der Waals surface area contributed by atoms with E-state index in [0.29, 0.717) is 18.9 Å². The second-order valence-electron chi connectivity index (χ2n) is 5.01. The molecule has 1 aliphatic heterocycles. The number of alkyl halides is 3. The highest BCUT2D eigenvalue weighted by Gasteiger charge is 2.36. The van der Waals surface area contributed by atoms with Crippen LogP contribution in [-0.4, -0.2) is 54.6 Å². The minimum atomic E-state index is -4.54. The first-order chi connectivity index (χ1) is 9.94. The van der Waals surface area contributed by atoms with Gasteiger partial charge < -0.3 is 10.2 Å². The summed E-state index contributed by atoms with van der Waals surface area (Å²) in [5, 5.41) is 2.66. The normalized spacial score (nSPS) is 17.1. The van der Waals surface area contributed by atoms with Crippen LogP contribution in [0.1, 0.15) is 19.2 Å². The van der Waals surface area contributed by atoms with E-state index in [1.54, 1.807) is 13.1 Å². The van der Waals surface area contributed by atoms with Crippen LogP contribution in [-0.2, 0) is 6.18 Å². The maximum Gasteiger partial charge on any atom is 0.451 e. The van der Waals surface area contributed by atoms with Crippen molar-refractivity contribution in [2.45, 2.75) is 19.5 Å². The van der Waals surface area contributed by atoms with E-state index in [-0.39, 0.29) is 5.82 Å². The number of rotatable bonds is 4. The van der Waals surface area contributed by atoms with Crippen LogP contribution in [0.25, 0.3) is 0 Å². The van der Waals surface area contributed by atoms with Gasteiger partial charge >= 0.3 is 6.18 Å². The molecule has 0 amide bonds. The van der Waals surface area contributed by atoms with E-state index in [4.69, 9.17) is 0 Å². The average molecular weight is 303 g/mol. The molecule has 0 spiro atoms. The van der Waals surface area contributed by atoms with Gasteiger partial charge in [0.1, 0.15) is 11.6 Å². The van der Waals surface area contributed by atoms with Crippen molar-refractivity contribution >= 4 is 11.6 Å². The third-order valence-electron chi connectivity index (χ3n) is 3.46. The molecule has 1 aromatic heterocycles. The predicted molar refractivity (Wildman–Crippen MR) is 75.5 cm³/mol. The fraction of sp³-hybridized carbons (Fsp3) is 0.692. The third kappa shape index (κ3) is 3.96. The molecule has 1 aromatic rings. The van der Waals surface area contributed by atoms with Gasteiger partial charge in [-0.3, -0.25) is 4.90 Å². The van der Waals surface area contributed by atoms with Crippen molar-refractivity contribution in [3.05, 3.63) is 11.9 Å². The summed E-state index contributed by atoms with van der Waals surface area (Å²) in [6.07, 6.45) is -3.46. The van der Waals surface area contributed by atoms with E-state index >= 15 is 0 Å². The Morgan fingerprint density at radius 2 is 1.86 bits per heavy atom. The van der Waals surface area contributed by atoms with E-state index in [0.717, 1.165) is 26.1 Å². The van der Waals surface area contributed by atoms with Crippen molar-refractivity contribution in [3.8, 4) is 0 Å². The molecule has 1 aliphatic rings. The average Bonchev–Trinajstić information content (AvgIpc) is 2.47. The highest BCUT2D eigenvalue weighted by atomic mass is 19.4. The molecule has 8 heteroatoms. The highest BCUT2D eigenvalue weighted by Crippen LogP contribution is 2.29. The fourth-order valence-corrected chi connectivity index (χ4v) is 2.37. The first kappa shape index (κ1) is 15.8. The summed E-state index contributed by atoms with van der Waals surface area (Å²) < 4.78 is 38.5. The summed E-state index contributed by atoms with van der Waals surface area (Å²) in [4.78, 5) is 11.3. The van der Waals surface area contributed by atoms with Crippen LogP contribution in [0.15, 0.2) is 6.07 Å². The molecule has 118 valence electrons. The van der Waals surface area contributed by atoms with Crippen LogP contribution in [0.5, 0.6) is 0 Å². The molecule has 1 saturated heterocycles. The second kappa shape index (κ2) is 6.46. The monoisotopic (exact) mass is 303 g/mol. The largest absolute Gasteiger partial charge is 0.451 e. The maximum atomic E-state index is 12.8. The number of hydrogen-bond donors (Lipinski definition) is 1. The van der Waals surface area contributed by atoms with Crippen molar-refractivity contribution in [1.82, 2.24) is 14.9 Å². The Hall–Kier alpha value is -1.57. The Bertz CT molecular complexity index is 469. The number of nitrogens with zero attached hydrogens (tertiary/aromatic N) is 4. The lowest BCUT2D eigenvalue weighted by Gasteiger charge is -2.35. The lowest BCUT2D eigenvalue weighted by molar-refractivity contribution is -0.144. The number of nitrogens with one attached hydrogen (secondary N) is 1. The Labute approximate surface area is 122 Å². The lowest BCUT2D eigenvalue weighted by atomic mass is 10.3. The predicted octanol–water partition coefficient (Wildman–Crippen LogP) is 2.07. The molecule has 0 saturated carbocycles. The van der Waals surface area contributed by atoms with Crippen LogP contribution in [0.4, 0.5) is 24.8 Å². The van der Waals surface area contributed by atoms with Crippen molar-refractivity contribution in [1.29, 1.82) is 0 Å². The molecule has 1 fully saturated rings. The van der Waals surface area contributed by atoms with Gasteiger partial charge in [0.05, 0.1) is 0 Å². The minimum absolute atomic E-state index is 0.184. The van der Waals surface area contributed by atoms with Crippen molar-refractivity contribution in [2.24, 2.45) is 0 Å². The first-order valence-corrected chi connectivity index (χ1v) is 7.05. The van der Waals surface area contributed by atoms with Gasteiger partial charge in [0.2, 0.25) is 5.82 Å². The molecule has 0 radical (unpaired) electrons. The Kier molecular flexibility index (Phi) is 4.87. The topological polar surface area (TPSA) is 44.3 Å². The van der Waals surface area contributed by atoms with Gasteiger partial charge in [-0.25, -0.2) is 9.97 Å². The van der Waals surface area contributed by atoms with Crippen LogP contribution < -0.4 is 10.2 Å². The van der Waals surface area contributed by atoms with Crippen molar-refractivity contribution in [2.75, 3.05) is 50.0 Å². The molecule has 1 N–H and O–H groups in total. The Morgan fingerprint density at radius 3 is 2.38 bits per heavy atom. The van der Waals surface area contributed by atoms with Gasteiger partial charge in [0.15, 0.2) is 0 Å². The summed E-state index contributed by atoms with van der Waals surface area (Å²) in [6, 6.07) is 1.56. The summed E-state index contributed by atoms with van der Waals surface area (Å²) in [5.74, 6) is -0.582. The molecular formula is C13H20F3N5. The van der Waals surface area contributed by atoms with Gasteiger partial charge in [-0.05, 0) is 13.0 Å². The lowest BCUT2D eigenvalue weighted by Crippen LogP contribution is -2.47. The van der Waals surface area contributed by atoms with Gasteiger partial charge in [-0.2, -0.15) is 13.2 Å². The SMILES string of the molecule is CCCN1CCN(c2cc(NC)nc(C(F)(F)F)n2)CC1. The van der Waals surface area contributed by atoms with Crippen LogP contribution in [0.3, 0.4) is 0 Å². The fourth-order valence-electron chi connectivity index (χ4n) is 2.37. The molecule has 0 aromatic carbocycles. The van der Waals surface area contributed by atoms with Crippen LogP contribution >= 0.6 is 0 Å². The standard InChI is InChI=1S/C13H20F3N5/c1-3-4-20-5-7-21(8-6-20)11-9-10(17-2)18-12(19-11)13(14,15)16/h9H,3-8H2,1-2H3,(H,17,18,19). The van der Waals surface area contributed by atoms with Gasteiger partial charge in [-0.15, -0.1) is 0 Å². The Balaban J connectivity index is 2.16. The van der Waals surface area contributed by atoms with E-state index in [1.807, 2.05) is 4.90 Å². The van der Waals surface area contributed by atoms with Gasteiger partial charge in [0, 0.05) is 39.3 Å². The van der Waals surface area contributed by atoms with Gasteiger partial charge in [0.25, 0.3) is 0 Å². The zero-order chi connectivity index (χ0) is 15.5. The number of piperazine rings is 1. The van der Waals surface area contributed by atoms with E-state index in [9.17, 15) is 13.2 Å². The zero-order valence-electron chi connectivity index (χ0n) is 12.2. The molecule has 0 bridgehead atoms.